The Bertz CT molecular complexity index is 730. The number of amides is 1. The number of benzene rings is 2. The standard InChI is InChI=1S/C20H23ClN2O3/c1-25-19-5-3-2-4-17(19)20(24)22-14-18(23-10-12-26-13-11-23)15-6-8-16(21)9-7-15/h2-9,18H,10-14H2,1H3,(H,22,24). The van der Waals surface area contributed by atoms with Gasteiger partial charge in [-0.2, -0.15) is 0 Å². The number of para-hydroxylation sites is 1. The van der Waals surface area contributed by atoms with Gasteiger partial charge in [0.2, 0.25) is 0 Å². The van der Waals surface area contributed by atoms with Crippen molar-refractivity contribution >= 4 is 17.5 Å². The molecule has 0 saturated carbocycles. The fourth-order valence-electron chi connectivity index (χ4n) is 3.15. The number of nitrogens with one attached hydrogen (secondary N) is 1. The van der Waals surface area contributed by atoms with Crippen LogP contribution < -0.4 is 10.1 Å². The number of hydrogen-bond acceptors (Lipinski definition) is 4. The molecule has 138 valence electrons. The van der Waals surface area contributed by atoms with E-state index in [-0.39, 0.29) is 11.9 Å². The van der Waals surface area contributed by atoms with Gasteiger partial charge >= 0.3 is 0 Å². The van der Waals surface area contributed by atoms with Crippen LogP contribution in [0.4, 0.5) is 0 Å². The van der Waals surface area contributed by atoms with Crippen LogP contribution >= 0.6 is 11.6 Å². The van der Waals surface area contributed by atoms with Gasteiger partial charge in [0.1, 0.15) is 5.75 Å². The first-order valence-electron chi connectivity index (χ1n) is 8.67. The highest BCUT2D eigenvalue weighted by molar-refractivity contribution is 6.30. The van der Waals surface area contributed by atoms with E-state index in [9.17, 15) is 4.79 Å². The first-order valence-corrected chi connectivity index (χ1v) is 9.05. The SMILES string of the molecule is COc1ccccc1C(=O)NCC(c1ccc(Cl)cc1)N1CCOCC1. The number of ether oxygens (including phenoxy) is 2. The van der Waals surface area contributed by atoms with E-state index < -0.39 is 0 Å². The zero-order valence-electron chi connectivity index (χ0n) is 14.8. The van der Waals surface area contributed by atoms with Crippen LogP contribution in [0.3, 0.4) is 0 Å². The lowest BCUT2D eigenvalue weighted by atomic mass is 10.0. The molecule has 26 heavy (non-hydrogen) atoms. The fraction of sp³-hybridized carbons (Fsp3) is 0.350. The van der Waals surface area contributed by atoms with Gasteiger partial charge in [0.05, 0.1) is 31.9 Å². The van der Waals surface area contributed by atoms with Crippen molar-refractivity contribution in [1.29, 1.82) is 0 Å². The fourth-order valence-corrected chi connectivity index (χ4v) is 3.27. The maximum atomic E-state index is 12.6. The summed E-state index contributed by atoms with van der Waals surface area (Å²) >= 11 is 6.03. The second-order valence-corrected chi connectivity index (χ2v) is 6.56. The number of carbonyl (C=O) groups excluding carboxylic acids is 1. The molecular formula is C20H23ClN2O3. The third-order valence-electron chi connectivity index (χ3n) is 4.55. The predicted octanol–water partition coefficient (Wildman–Crippen LogP) is 3.15. The van der Waals surface area contributed by atoms with E-state index in [1.54, 1.807) is 19.2 Å². The normalized spacial score (nSPS) is 16.1. The van der Waals surface area contributed by atoms with E-state index in [1.807, 2.05) is 36.4 Å². The Morgan fingerprint density at radius 3 is 2.58 bits per heavy atom. The van der Waals surface area contributed by atoms with Gasteiger partial charge in [0.15, 0.2) is 0 Å². The molecule has 1 atom stereocenters. The Hall–Kier alpha value is -2.08. The molecule has 1 fully saturated rings. The highest BCUT2D eigenvalue weighted by atomic mass is 35.5. The van der Waals surface area contributed by atoms with Crippen molar-refractivity contribution in [3.63, 3.8) is 0 Å². The summed E-state index contributed by atoms with van der Waals surface area (Å²) in [6, 6.07) is 15.1. The Balaban J connectivity index is 1.75. The third-order valence-corrected chi connectivity index (χ3v) is 4.80. The molecule has 2 aromatic carbocycles. The summed E-state index contributed by atoms with van der Waals surface area (Å²) in [4.78, 5) is 15.0. The van der Waals surface area contributed by atoms with Crippen molar-refractivity contribution in [1.82, 2.24) is 10.2 Å². The minimum atomic E-state index is -0.144. The van der Waals surface area contributed by atoms with Crippen LogP contribution in [-0.2, 0) is 4.74 Å². The molecule has 0 spiro atoms. The van der Waals surface area contributed by atoms with Crippen molar-refractivity contribution < 1.29 is 14.3 Å². The van der Waals surface area contributed by atoms with E-state index in [2.05, 4.69) is 10.2 Å². The van der Waals surface area contributed by atoms with Crippen molar-refractivity contribution in [2.75, 3.05) is 40.0 Å². The van der Waals surface area contributed by atoms with Crippen molar-refractivity contribution in [2.24, 2.45) is 0 Å². The zero-order chi connectivity index (χ0) is 18.4. The first kappa shape index (κ1) is 18.7. The van der Waals surface area contributed by atoms with Crippen molar-refractivity contribution in [3.05, 3.63) is 64.7 Å². The maximum Gasteiger partial charge on any atom is 0.255 e. The first-order chi connectivity index (χ1) is 12.7. The molecular weight excluding hydrogens is 352 g/mol. The minimum absolute atomic E-state index is 0.0647. The predicted molar refractivity (Wildman–Crippen MR) is 102 cm³/mol. The van der Waals surface area contributed by atoms with Crippen LogP contribution in [0.15, 0.2) is 48.5 Å². The molecule has 6 heteroatoms. The summed E-state index contributed by atoms with van der Waals surface area (Å²) in [6.07, 6.45) is 0. The smallest absolute Gasteiger partial charge is 0.255 e. The van der Waals surface area contributed by atoms with Gasteiger partial charge in [-0.15, -0.1) is 0 Å². The van der Waals surface area contributed by atoms with Crippen LogP contribution in [0.5, 0.6) is 5.75 Å². The molecule has 1 heterocycles. The van der Waals surface area contributed by atoms with Crippen molar-refractivity contribution in [3.8, 4) is 5.75 Å². The average molecular weight is 375 g/mol. The summed E-state index contributed by atoms with van der Waals surface area (Å²) in [6.45, 7) is 3.56. The molecule has 3 rings (SSSR count). The number of hydrogen-bond donors (Lipinski definition) is 1. The van der Waals surface area contributed by atoms with Gasteiger partial charge in [0.25, 0.3) is 5.91 Å². The van der Waals surface area contributed by atoms with Crippen LogP contribution in [0.2, 0.25) is 5.02 Å². The lowest BCUT2D eigenvalue weighted by Crippen LogP contribution is -2.43. The Morgan fingerprint density at radius 2 is 1.88 bits per heavy atom. The molecule has 0 aromatic heterocycles. The average Bonchev–Trinajstić information content (AvgIpc) is 2.70. The molecule has 0 aliphatic carbocycles. The van der Waals surface area contributed by atoms with Crippen LogP contribution in [-0.4, -0.2) is 50.8 Å². The largest absolute Gasteiger partial charge is 0.496 e. The second kappa shape index (κ2) is 9.03. The number of halogens is 1. The highest BCUT2D eigenvalue weighted by Crippen LogP contribution is 2.24. The van der Waals surface area contributed by atoms with E-state index in [4.69, 9.17) is 21.1 Å². The van der Waals surface area contributed by atoms with Gasteiger partial charge < -0.3 is 14.8 Å². The molecule has 1 aliphatic heterocycles. The molecule has 1 aliphatic rings. The van der Waals surface area contributed by atoms with Gasteiger partial charge in [-0.05, 0) is 29.8 Å². The molecule has 1 amide bonds. The Morgan fingerprint density at radius 1 is 1.19 bits per heavy atom. The molecule has 2 aromatic rings. The van der Waals surface area contributed by atoms with E-state index in [1.165, 1.54) is 0 Å². The molecule has 1 unspecified atom stereocenters. The quantitative estimate of drug-likeness (QED) is 0.843. The van der Waals surface area contributed by atoms with E-state index in [0.29, 0.717) is 36.1 Å². The highest BCUT2D eigenvalue weighted by Gasteiger charge is 2.24. The summed E-state index contributed by atoms with van der Waals surface area (Å²) in [7, 11) is 1.57. The second-order valence-electron chi connectivity index (χ2n) is 6.13. The van der Waals surface area contributed by atoms with Gasteiger partial charge in [0, 0.05) is 24.7 Å². The summed E-state index contributed by atoms with van der Waals surface area (Å²) < 4.78 is 10.7. The molecule has 1 N–H and O–H groups in total. The Kier molecular flexibility index (Phi) is 6.50. The minimum Gasteiger partial charge on any atom is -0.496 e. The van der Waals surface area contributed by atoms with Gasteiger partial charge in [-0.1, -0.05) is 35.9 Å². The Labute approximate surface area is 158 Å². The number of rotatable bonds is 6. The van der Waals surface area contributed by atoms with E-state index >= 15 is 0 Å². The lowest BCUT2D eigenvalue weighted by Gasteiger charge is -2.35. The number of methoxy groups -OCH3 is 1. The van der Waals surface area contributed by atoms with Crippen LogP contribution in [0.25, 0.3) is 0 Å². The summed E-state index contributed by atoms with van der Waals surface area (Å²) in [5, 5.41) is 3.75. The summed E-state index contributed by atoms with van der Waals surface area (Å²) in [5.41, 5.74) is 1.66. The van der Waals surface area contributed by atoms with Crippen LogP contribution in [0.1, 0.15) is 22.0 Å². The molecule has 0 bridgehead atoms. The van der Waals surface area contributed by atoms with Gasteiger partial charge in [-0.25, -0.2) is 0 Å². The molecule has 1 saturated heterocycles. The van der Waals surface area contributed by atoms with Crippen molar-refractivity contribution in [2.45, 2.75) is 6.04 Å². The number of carbonyl (C=O) groups is 1. The summed E-state index contributed by atoms with van der Waals surface area (Å²) in [5.74, 6) is 0.425. The molecule has 0 radical (unpaired) electrons. The van der Waals surface area contributed by atoms with E-state index in [0.717, 1.165) is 18.7 Å². The zero-order valence-corrected chi connectivity index (χ0v) is 15.5. The van der Waals surface area contributed by atoms with Crippen LogP contribution in [0, 0.1) is 0 Å². The molecule has 5 nitrogen and oxygen atoms in total. The maximum absolute atomic E-state index is 12.6. The lowest BCUT2D eigenvalue weighted by molar-refractivity contribution is 0.0162. The van der Waals surface area contributed by atoms with Gasteiger partial charge in [-0.3, -0.25) is 9.69 Å². The topological polar surface area (TPSA) is 50.8 Å². The third kappa shape index (κ3) is 4.55. The monoisotopic (exact) mass is 374 g/mol. The number of nitrogens with zero attached hydrogens (tertiary/aromatic N) is 1. The number of morpholine rings is 1.